The van der Waals surface area contributed by atoms with Crippen LogP contribution in [0.1, 0.15) is 12.8 Å². The SMILES string of the molecule is CCNCc1nnc(Nc2ccc(F)c(F)c2F)o1. The van der Waals surface area contributed by atoms with Gasteiger partial charge in [-0.2, -0.15) is 0 Å². The van der Waals surface area contributed by atoms with Crippen molar-refractivity contribution in [3.05, 3.63) is 35.5 Å². The Hall–Kier alpha value is -2.09. The van der Waals surface area contributed by atoms with Gasteiger partial charge in [0.05, 0.1) is 12.2 Å². The van der Waals surface area contributed by atoms with Crippen LogP contribution in [0.5, 0.6) is 0 Å². The highest BCUT2D eigenvalue weighted by atomic mass is 19.2. The van der Waals surface area contributed by atoms with Crippen molar-refractivity contribution in [2.24, 2.45) is 0 Å². The summed E-state index contributed by atoms with van der Waals surface area (Å²) < 4.78 is 44.3. The van der Waals surface area contributed by atoms with E-state index < -0.39 is 17.5 Å². The number of nitrogens with one attached hydrogen (secondary N) is 2. The molecule has 0 saturated carbocycles. The summed E-state index contributed by atoms with van der Waals surface area (Å²) in [6.07, 6.45) is 0. The number of hydrogen-bond acceptors (Lipinski definition) is 5. The maximum Gasteiger partial charge on any atom is 0.320 e. The Bertz CT molecular complexity index is 573. The van der Waals surface area contributed by atoms with E-state index in [1.807, 2.05) is 6.92 Å². The fourth-order valence-corrected chi connectivity index (χ4v) is 1.35. The Labute approximate surface area is 106 Å². The minimum absolute atomic E-state index is 0.0992. The lowest BCUT2D eigenvalue weighted by Gasteiger charge is -2.03. The first kappa shape index (κ1) is 13.3. The fraction of sp³-hybridized carbons (Fsp3) is 0.273. The Morgan fingerprint density at radius 1 is 1.16 bits per heavy atom. The number of aromatic nitrogens is 2. The van der Waals surface area contributed by atoms with Crippen LogP contribution >= 0.6 is 0 Å². The highest BCUT2D eigenvalue weighted by Crippen LogP contribution is 2.22. The molecule has 0 atom stereocenters. The van der Waals surface area contributed by atoms with Gasteiger partial charge in [-0.1, -0.05) is 12.0 Å². The van der Waals surface area contributed by atoms with Crippen LogP contribution in [0, 0.1) is 17.5 Å². The van der Waals surface area contributed by atoms with Crippen LogP contribution in [0.15, 0.2) is 16.5 Å². The molecule has 0 spiro atoms. The smallest absolute Gasteiger partial charge is 0.320 e. The van der Waals surface area contributed by atoms with Gasteiger partial charge in [0.2, 0.25) is 5.89 Å². The number of hydrogen-bond donors (Lipinski definition) is 2. The van der Waals surface area contributed by atoms with Crippen molar-refractivity contribution in [2.75, 3.05) is 11.9 Å². The molecule has 8 heteroatoms. The van der Waals surface area contributed by atoms with Gasteiger partial charge in [0.1, 0.15) is 0 Å². The van der Waals surface area contributed by atoms with Crippen molar-refractivity contribution in [3.8, 4) is 0 Å². The van der Waals surface area contributed by atoms with Crippen molar-refractivity contribution in [3.63, 3.8) is 0 Å². The van der Waals surface area contributed by atoms with Gasteiger partial charge in [-0.3, -0.25) is 0 Å². The Morgan fingerprint density at radius 2 is 1.95 bits per heavy atom. The zero-order valence-corrected chi connectivity index (χ0v) is 10.0. The summed E-state index contributed by atoms with van der Waals surface area (Å²) in [7, 11) is 0. The summed E-state index contributed by atoms with van der Waals surface area (Å²) in [5, 5.41) is 12.6. The van der Waals surface area contributed by atoms with Crippen LogP contribution in [0.25, 0.3) is 0 Å². The molecule has 0 bridgehead atoms. The third-order valence-corrected chi connectivity index (χ3v) is 2.27. The molecular weight excluding hydrogens is 261 g/mol. The maximum atomic E-state index is 13.4. The second-order valence-electron chi connectivity index (χ2n) is 3.63. The Balaban J connectivity index is 2.13. The van der Waals surface area contributed by atoms with Gasteiger partial charge in [0.15, 0.2) is 17.5 Å². The quantitative estimate of drug-likeness (QED) is 0.818. The van der Waals surface area contributed by atoms with E-state index in [1.54, 1.807) is 0 Å². The van der Waals surface area contributed by atoms with E-state index in [2.05, 4.69) is 20.8 Å². The lowest BCUT2D eigenvalue weighted by atomic mass is 10.3. The minimum Gasteiger partial charge on any atom is -0.406 e. The molecule has 19 heavy (non-hydrogen) atoms. The van der Waals surface area contributed by atoms with E-state index in [0.29, 0.717) is 12.4 Å². The monoisotopic (exact) mass is 272 g/mol. The lowest BCUT2D eigenvalue weighted by molar-refractivity contribution is 0.448. The first-order chi connectivity index (χ1) is 9.11. The Morgan fingerprint density at radius 3 is 2.68 bits per heavy atom. The molecule has 0 unspecified atom stereocenters. The summed E-state index contributed by atoms with van der Waals surface area (Å²) in [6, 6.07) is 1.75. The summed E-state index contributed by atoms with van der Waals surface area (Å²) in [5.74, 6) is -3.86. The molecule has 2 N–H and O–H groups in total. The lowest BCUT2D eigenvalue weighted by Crippen LogP contribution is -2.11. The number of nitrogens with zero attached hydrogens (tertiary/aromatic N) is 2. The second kappa shape index (κ2) is 5.70. The summed E-state index contributed by atoms with van der Waals surface area (Å²) >= 11 is 0. The van der Waals surface area contributed by atoms with Crippen molar-refractivity contribution in [1.29, 1.82) is 0 Å². The number of rotatable bonds is 5. The molecule has 1 heterocycles. The van der Waals surface area contributed by atoms with Crippen LogP contribution in [0.3, 0.4) is 0 Å². The second-order valence-corrected chi connectivity index (χ2v) is 3.63. The molecule has 0 saturated heterocycles. The molecule has 0 aliphatic rings. The number of benzene rings is 1. The molecule has 102 valence electrons. The summed E-state index contributed by atoms with van der Waals surface area (Å²) in [5.41, 5.74) is -0.280. The molecule has 0 aliphatic heterocycles. The average molecular weight is 272 g/mol. The normalized spacial score (nSPS) is 10.7. The van der Waals surface area contributed by atoms with E-state index >= 15 is 0 Å². The molecule has 0 radical (unpaired) electrons. The fourth-order valence-electron chi connectivity index (χ4n) is 1.35. The zero-order chi connectivity index (χ0) is 13.8. The van der Waals surface area contributed by atoms with E-state index in [-0.39, 0.29) is 11.7 Å². The number of anilines is 2. The highest BCUT2D eigenvalue weighted by molar-refractivity contribution is 5.52. The molecule has 0 fully saturated rings. The van der Waals surface area contributed by atoms with E-state index in [9.17, 15) is 13.2 Å². The maximum absolute atomic E-state index is 13.4. The molecule has 0 amide bonds. The van der Waals surface area contributed by atoms with Gasteiger partial charge in [-0.05, 0) is 18.7 Å². The average Bonchev–Trinajstić information content (AvgIpc) is 2.85. The standard InChI is InChI=1S/C11H11F3N4O/c1-2-15-5-8-17-18-11(19-8)16-7-4-3-6(12)9(13)10(7)14/h3-4,15H,2,5H2,1H3,(H,16,18). The third kappa shape index (κ3) is 3.02. The summed E-state index contributed by atoms with van der Waals surface area (Å²) in [4.78, 5) is 0. The zero-order valence-electron chi connectivity index (χ0n) is 10.0. The van der Waals surface area contributed by atoms with Crippen LogP contribution < -0.4 is 10.6 Å². The van der Waals surface area contributed by atoms with Crippen LogP contribution in [-0.4, -0.2) is 16.7 Å². The van der Waals surface area contributed by atoms with Crippen LogP contribution in [0.4, 0.5) is 24.9 Å². The van der Waals surface area contributed by atoms with Crippen molar-refractivity contribution < 1.29 is 17.6 Å². The van der Waals surface area contributed by atoms with Crippen molar-refractivity contribution in [1.82, 2.24) is 15.5 Å². The molecule has 0 aliphatic carbocycles. The van der Waals surface area contributed by atoms with Crippen molar-refractivity contribution in [2.45, 2.75) is 13.5 Å². The number of halogens is 3. The van der Waals surface area contributed by atoms with Gasteiger partial charge in [0.25, 0.3) is 0 Å². The largest absolute Gasteiger partial charge is 0.406 e. The van der Waals surface area contributed by atoms with E-state index in [1.165, 1.54) is 0 Å². The molecule has 2 aromatic rings. The molecule has 1 aromatic heterocycles. The van der Waals surface area contributed by atoms with Gasteiger partial charge in [0, 0.05) is 0 Å². The third-order valence-electron chi connectivity index (χ3n) is 2.27. The summed E-state index contributed by atoms with van der Waals surface area (Å²) in [6.45, 7) is 3.00. The molecule has 5 nitrogen and oxygen atoms in total. The van der Waals surface area contributed by atoms with Crippen molar-refractivity contribution >= 4 is 11.7 Å². The topological polar surface area (TPSA) is 63.0 Å². The van der Waals surface area contributed by atoms with Crippen LogP contribution in [-0.2, 0) is 6.54 Å². The molecular formula is C11H11F3N4O. The van der Waals surface area contributed by atoms with Gasteiger partial charge in [-0.15, -0.1) is 5.10 Å². The van der Waals surface area contributed by atoms with E-state index in [4.69, 9.17) is 4.42 Å². The van der Waals surface area contributed by atoms with Gasteiger partial charge in [-0.25, -0.2) is 13.2 Å². The predicted molar refractivity (Wildman–Crippen MR) is 61.3 cm³/mol. The Kier molecular flexibility index (Phi) is 4.00. The van der Waals surface area contributed by atoms with Gasteiger partial charge >= 0.3 is 6.01 Å². The first-order valence-electron chi connectivity index (χ1n) is 5.55. The predicted octanol–water partition coefficient (Wildman–Crippen LogP) is 2.34. The van der Waals surface area contributed by atoms with E-state index in [0.717, 1.165) is 18.7 Å². The van der Waals surface area contributed by atoms with Crippen LogP contribution in [0.2, 0.25) is 0 Å². The molecule has 2 rings (SSSR count). The van der Waals surface area contributed by atoms with Gasteiger partial charge < -0.3 is 15.1 Å². The minimum atomic E-state index is -1.56. The highest BCUT2D eigenvalue weighted by Gasteiger charge is 2.15. The first-order valence-corrected chi connectivity index (χ1v) is 5.55. The molecule has 1 aromatic carbocycles.